The molecule has 0 aliphatic carbocycles. The van der Waals surface area contributed by atoms with E-state index in [9.17, 15) is 21.8 Å². The van der Waals surface area contributed by atoms with E-state index >= 15 is 0 Å². The lowest BCUT2D eigenvalue weighted by molar-refractivity contribution is -0.228. The van der Waals surface area contributed by atoms with Crippen LogP contribution < -0.4 is 0 Å². The molecule has 3 aromatic heterocycles. The second kappa shape index (κ2) is 7.86. The van der Waals surface area contributed by atoms with Crippen LogP contribution >= 0.6 is 0 Å². The first-order valence-corrected chi connectivity index (χ1v) is 12.0. The first-order valence-electron chi connectivity index (χ1n) is 10.7. The molecule has 1 aromatic carbocycles. The minimum atomic E-state index is -5.10. The van der Waals surface area contributed by atoms with E-state index in [1.165, 1.54) is 4.68 Å². The smallest absolute Gasteiger partial charge is 0.296 e. The molecule has 4 rings (SSSR count). The van der Waals surface area contributed by atoms with Gasteiger partial charge in [-0.15, -0.1) is 0 Å². The van der Waals surface area contributed by atoms with Gasteiger partial charge in [-0.25, -0.2) is 14.4 Å². The van der Waals surface area contributed by atoms with Crippen molar-refractivity contribution in [1.82, 2.24) is 24.3 Å². The number of aryl methyl sites for hydroxylation is 3. The van der Waals surface area contributed by atoms with Gasteiger partial charge in [0.15, 0.2) is 5.65 Å². The molecule has 4 aromatic rings. The van der Waals surface area contributed by atoms with Gasteiger partial charge < -0.3 is 0 Å². The number of fused-ring (bicyclic) bond motifs is 2. The molecule has 34 heavy (non-hydrogen) atoms. The van der Waals surface area contributed by atoms with Gasteiger partial charge in [0.25, 0.3) is 0 Å². The fourth-order valence-electron chi connectivity index (χ4n) is 4.09. The highest BCUT2D eigenvalue weighted by Crippen LogP contribution is 2.42. The molecule has 0 spiro atoms. The minimum absolute atomic E-state index is 0.0803. The fourth-order valence-corrected chi connectivity index (χ4v) is 5.15. The Morgan fingerprint density at radius 1 is 1.03 bits per heavy atom. The number of halogens is 4. The number of pyridine rings is 1. The monoisotopic (exact) mass is 495 g/mol. The van der Waals surface area contributed by atoms with E-state index in [-0.39, 0.29) is 17.1 Å². The zero-order valence-electron chi connectivity index (χ0n) is 19.9. The highest BCUT2D eigenvalue weighted by molar-refractivity contribution is 7.85. The molecule has 0 amide bonds. The van der Waals surface area contributed by atoms with Gasteiger partial charge in [-0.3, -0.25) is 8.78 Å². The molecular weight excluding hydrogens is 470 g/mol. The molecule has 0 bridgehead atoms. The van der Waals surface area contributed by atoms with Gasteiger partial charge in [0.1, 0.15) is 10.5 Å². The zero-order valence-corrected chi connectivity index (χ0v) is 20.7. The van der Waals surface area contributed by atoms with Crippen LogP contribution in [0.3, 0.4) is 0 Å². The average Bonchev–Trinajstić information content (AvgIpc) is 3.33. The molecule has 0 radical (unpaired) electrons. The van der Waals surface area contributed by atoms with Gasteiger partial charge in [0.05, 0.1) is 16.3 Å². The third kappa shape index (κ3) is 3.35. The molecule has 0 fully saturated rings. The molecule has 6 nitrogen and oxygen atoms in total. The van der Waals surface area contributed by atoms with E-state index < -0.39 is 28.2 Å². The van der Waals surface area contributed by atoms with E-state index in [2.05, 4.69) is 9.97 Å². The lowest BCUT2D eigenvalue weighted by Crippen LogP contribution is -2.35. The highest BCUT2D eigenvalue weighted by Gasteiger charge is 2.53. The normalized spacial score (nSPS) is 15.3. The summed E-state index contributed by atoms with van der Waals surface area (Å²) >= 11 is 0. The zero-order chi connectivity index (χ0) is 25.3. The summed E-state index contributed by atoms with van der Waals surface area (Å²) in [6.07, 6.45) is -4.23. The third-order valence-electron chi connectivity index (χ3n) is 6.69. The van der Waals surface area contributed by atoms with Crippen molar-refractivity contribution in [1.29, 1.82) is 0 Å². The molecule has 0 saturated heterocycles. The molecule has 2 unspecified atom stereocenters. The van der Waals surface area contributed by atoms with Crippen LogP contribution in [0.2, 0.25) is 0 Å². The maximum Gasteiger partial charge on any atom is 0.426 e. The Morgan fingerprint density at radius 3 is 2.24 bits per heavy atom. The summed E-state index contributed by atoms with van der Waals surface area (Å²) in [6.45, 7) is 10.2. The number of hydrogen-bond acceptors (Lipinski definition) is 4. The average molecular weight is 496 g/mol. The van der Waals surface area contributed by atoms with Crippen molar-refractivity contribution in [3.8, 4) is 5.95 Å². The van der Waals surface area contributed by atoms with E-state index in [0.717, 1.165) is 39.9 Å². The first kappa shape index (κ1) is 24.3. The number of rotatable bonds is 4. The molecule has 0 N–H and O–H groups in total. The van der Waals surface area contributed by atoms with Crippen LogP contribution in [-0.2, 0) is 23.5 Å². The number of alkyl halides is 4. The Bertz CT molecular complexity index is 1480. The van der Waals surface area contributed by atoms with Gasteiger partial charge in [-0.05, 0) is 62.9 Å². The maximum absolute atomic E-state index is 14.6. The Morgan fingerprint density at radius 2 is 1.65 bits per heavy atom. The van der Waals surface area contributed by atoms with Gasteiger partial charge in [-0.1, -0.05) is 6.92 Å². The van der Waals surface area contributed by atoms with Gasteiger partial charge in [-0.2, -0.15) is 23.0 Å². The van der Waals surface area contributed by atoms with Crippen LogP contribution in [0, 0.1) is 27.7 Å². The summed E-state index contributed by atoms with van der Waals surface area (Å²) < 4.78 is 70.5. The fraction of sp³-hybridized carbons (Fsp3) is 0.435. The molecule has 0 aliphatic rings. The predicted octanol–water partition coefficient (Wildman–Crippen LogP) is 5.42. The summed E-state index contributed by atoms with van der Waals surface area (Å²) in [5.41, 5.74) is 0.859. The minimum Gasteiger partial charge on any atom is -0.296 e. The quantitative estimate of drug-likeness (QED) is 0.355. The van der Waals surface area contributed by atoms with Crippen LogP contribution in [0.4, 0.5) is 17.6 Å². The summed E-state index contributed by atoms with van der Waals surface area (Å²) in [6, 6.07) is 1.05. The number of nitrogens with zero attached hydrogens (tertiary/aromatic N) is 5. The Hall–Kier alpha value is -2.82. The molecule has 11 heteroatoms. The van der Waals surface area contributed by atoms with Crippen molar-refractivity contribution in [3.05, 3.63) is 40.1 Å². The van der Waals surface area contributed by atoms with Crippen LogP contribution in [0.25, 0.3) is 28.0 Å². The van der Waals surface area contributed by atoms with E-state index in [4.69, 9.17) is 5.10 Å². The summed E-state index contributed by atoms with van der Waals surface area (Å²) in [5.74, 6) is 0.568. The second-order valence-corrected chi connectivity index (χ2v) is 10.3. The van der Waals surface area contributed by atoms with Crippen LogP contribution in [0.5, 0.6) is 0 Å². The Balaban J connectivity index is 2.05. The molecule has 3 heterocycles. The first-order chi connectivity index (χ1) is 15.7. The maximum atomic E-state index is 14.6. The standard InChI is InChI=1S/C23H25F4N5OS/c1-8-34(33)20-17-13(4)11(2)12(3)14(5)18(17)30-32(20)21-29-16-9-15(10-28-19(16)31(21)7)22(6,24)23(25,26)27/h9-10H,8H2,1-7H3. The van der Waals surface area contributed by atoms with Crippen LogP contribution in [0.1, 0.15) is 41.7 Å². The number of aromatic nitrogens is 5. The molecule has 2 atom stereocenters. The predicted molar refractivity (Wildman–Crippen MR) is 124 cm³/mol. The van der Waals surface area contributed by atoms with Crippen molar-refractivity contribution in [2.24, 2.45) is 7.05 Å². The largest absolute Gasteiger partial charge is 0.426 e. The number of imidazole rings is 1. The Labute approximate surface area is 196 Å². The lowest BCUT2D eigenvalue weighted by atomic mass is 9.96. The van der Waals surface area contributed by atoms with E-state index in [0.29, 0.717) is 23.2 Å². The Kier molecular flexibility index (Phi) is 5.62. The van der Waals surface area contributed by atoms with Crippen LogP contribution in [-0.4, -0.2) is 40.5 Å². The van der Waals surface area contributed by atoms with Gasteiger partial charge in [0, 0.05) is 29.9 Å². The van der Waals surface area contributed by atoms with Crippen molar-refractivity contribution in [2.45, 2.75) is 58.4 Å². The molecule has 0 saturated carbocycles. The van der Waals surface area contributed by atoms with Crippen molar-refractivity contribution in [2.75, 3.05) is 5.75 Å². The number of hydrogen-bond donors (Lipinski definition) is 0. The second-order valence-electron chi connectivity index (χ2n) is 8.61. The van der Waals surface area contributed by atoms with Crippen molar-refractivity contribution < 1.29 is 21.8 Å². The topological polar surface area (TPSA) is 65.6 Å². The SMILES string of the molecule is CCS(=O)c1c2c(C)c(C)c(C)c(C)c2nn1-c1nc2cc(C(C)(F)C(F)(F)F)cnc2n1C. The van der Waals surface area contributed by atoms with E-state index in [1.807, 2.05) is 27.7 Å². The van der Waals surface area contributed by atoms with E-state index in [1.54, 1.807) is 18.5 Å². The molecule has 0 aliphatic heterocycles. The van der Waals surface area contributed by atoms with Crippen LogP contribution in [0.15, 0.2) is 17.3 Å². The summed E-state index contributed by atoms with van der Waals surface area (Å²) in [7, 11) is 0.214. The third-order valence-corrected chi connectivity index (χ3v) is 8.02. The van der Waals surface area contributed by atoms with Crippen molar-refractivity contribution in [3.63, 3.8) is 0 Å². The van der Waals surface area contributed by atoms with Gasteiger partial charge >= 0.3 is 6.18 Å². The highest BCUT2D eigenvalue weighted by atomic mass is 32.2. The number of benzene rings is 1. The summed E-state index contributed by atoms with van der Waals surface area (Å²) in [4.78, 5) is 8.51. The molecular formula is C23H25F4N5OS. The lowest BCUT2D eigenvalue weighted by Gasteiger charge is -2.23. The molecule has 182 valence electrons. The summed E-state index contributed by atoms with van der Waals surface area (Å²) in [5, 5.41) is 5.98. The van der Waals surface area contributed by atoms with Gasteiger partial charge in [0.2, 0.25) is 11.6 Å². The van der Waals surface area contributed by atoms with Crippen molar-refractivity contribution >= 4 is 32.9 Å².